The second-order valence-electron chi connectivity index (χ2n) is 8.95. The fraction of sp³-hybridized carbons (Fsp3) is 0.400. The number of aryl methyl sites for hydroxylation is 1. The highest BCUT2D eigenvalue weighted by Crippen LogP contribution is 2.33. The summed E-state index contributed by atoms with van der Waals surface area (Å²) in [7, 11) is 0. The molecule has 0 saturated carbocycles. The van der Waals surface area contributed by atoms with Crippen LogP contribution >= 0.6 is 0 Å². The van der Waals surface area contributed by atoms with E-state index < -0.39 is 0 Å². The first-order valence-corrected chi connectivity index (χ1v) is 12.2. The highest BCUT2D eigenvalue weighted by molar-refractivity contribution is 6.05. The van der Waals surface area contributed by atoms with Gasteiger partial charge >= 0.3 is 0 Å². The minimum absolute atomic E-state index is 0.171. The monoisotopic (exact) mass is 489 g/mol. The molecule has 2 aliphatic heterocycles. The molecule has 36 heavy (non-hydrogen) atoms. The van der Waals surface area contributed by atoms with Gasteiger partial charge in [0, 0.05) is 44.1 Å². The molecule has 6 heterocycles. The molecule has 1 amide bonds. The summed E-state index contributed by atoms with van der Waals surface area (Å²) in [6.45, 7) is 6.28. The van der Waals surface area contributed by atoms with Crippen LogP contribution in [0.15, 0.2) is 39.5 Å². The molecule has 0 atom stereocenters. The smallest absolute Gasteiger partial charge is 0.300 e. The Morgan fingerprint density at radius 2 is 1.86 bits per heavy atom. The van der Waals surface area contributed by atoms with Crippen LogP contribution in [0.5, 0.6) is 0 Å². The largest absolute Gasteiger partial charge is 0.444 e. The van der Waals surface area contributed by atoms with Crippen LogP contribution < -0.4 is 15.1 Å². The van der Waals surface area contributed by atoms with Crippen LogP contribution in [0, 0.1) is 6.92 Å². The summed E-state index contributed by atoms with van der Waals surface area (Å²) in [6.07, 6.45) is 6.38. The first kappa shape index (κ1) is 22.5. The van der Waals surface area contributed by atoms with E-state index in [0.717, 1.165) is 37.2 Å². The fourth-order valence-electron chi connectivity index (χ4n) is 4.57. The predicted octanol–water partition coefficient (Wildman–Crippen LogP) is 3.66. The maximum Gasteiger partial charge on any atom is 0.300 e. The van der Waals surface area contributed by atoms with Crippen LogP contribution in [-0.4, -0.2) is 65.2 Å². The zero-order chi connectivity index (χ0) is 24.5. The number of ether oxygens (including phenoxy) is 1. The summed E-state index contributed by atoms with van der Waals surface area (Å²) < 4.78 is 17.1. The van der Waals surface area contributed by atoms with E-state index in [1.165, 1.54) is 12.7 Å². The molecule has 0 bridgehead atoms. The van der Waals surface area contributed by atoms with Gasteiger partial charge in [-0.15, -0.1) is 0 Å². The fourth-order valence-corrected chi connectivity index (χ4v) is 4.57. The number of hydrogen-bond acceptors (Lipinski definition) is 10. The van der Waals surface area contributed by atoms with Gasteiger partial charge in [-0.2, -0.15) is 4.98 Å². The van der Waals surface area contributed by atoms with E-state index in [1.807, 2.05) is 17.9 Å². The SMILES string of the molecule is Cc1ncccc1-c1nc(C(=O)Nc2cc3oc(N4CCOCC4)nc3nc2N2CCCCC2)co1. The van der Waals surface area contributed by atoms with Crippen LogP contribution in [0.4, 0.5) is 17.5 Å². The van der Waals surface area contributed by atoms with E-state index in [9.17, 15) is 4.79 Å². The van der Waals surface area contributed by atoms with Gasteiger partial charge in [0.1, 0.15) is 6.26 Å². The molecule has 2 aliphatic rings. The number of piperidine rings is 1. The molecule has 2 saturated heterocycles. The first-order chi connectivity index (χ1) is 17.7. The molecule has 4 aromatic heterocycles. The van der Waals surface area contributed by atoms with Crippen LogP contribution in [0.2, 0.25) is 0 Å². The van der Waals surface area contributed by atoms with Gasteiger partial charge in [0.05, 0.1) is 24.5 Å². The molecule has 6 rings (SSSR count). The van der Waals surface area contributed by atoms with E-state index >= 15 is 0 Å². The Bertz CT molecular complexity index is 1390. The zero-order valence-electron chi connectivity index (χ0n) is 20.1. The van der Waals surface area contributed by atoms with Gasteiger partial charge in [-0.1, -0.05) is 0 Å². The van der Waals surface area contributed by atoms with Crippen molar-refractivity contribution in [3.8, 4) is 11.5 Å². The highest BCUT2D eigenvalue weighted by atomic mass is 16.5. The van der Waals surface area contributed by atoms with Crippen molar-refractivity contribution in [1.29, 1.82) is 0 Å². The number of nitrogens with one attached hydrogen (secondary N) is 1. The van der Waals surface area contributed by atoms with Crippen molar-refractivity contribution in [2.45, 2.75) is 26.2 Å². The number of aromatic nitrogens is 4. The third-order valence-corrected chi connectivity index (χ3v) is 6.51. The number of morpholine rings is 1. The molecule has 0 aromatic carbocycles. The Morgan fingerprint density at radius 3 is 2.67 bits per heavy atom. The van der Waals surface area contributed by atoms with E-state index in [-0.39, 0.29) is 11.6 Å². The summed E-state index contributed by atoms with van der Waals surface area (Å²) in [5.41, 5.74) is 3.27. The number of amides is 1. The van der Waals surface area contributed by atoms with Crippen molar-refractivity contribution in [2.24, 2.45) is 0 Å². The Kier molecular flexibility index (Phi) is 5.98. The lowest BCUT2D eigenvalue weighted by Gasteiger charge is -2.29. The summed E-state index contributed by atoms with van der Waals surface area (Å²) in [4.78, 5) is 35.6. The number of nitrogens with zero attached hydrogens (tertiary/aromatic N) is 6. The lowest BCUT2D eigenvalue weighted by Crippen LogP contribution is -2.36. The van der Waals surface area contributed by atoms with Crippen molar-refractivity contribution in [2.75, 3.05) is 54.5 Å². The second kappa shape index (κ2) is 9.57. The molecule has 186 valence electrons. The van der Waals surface area contributed by atoms with E-state index in [2.05, 4.69) is 25.2 Å². The molecule has 0 radical (unpaired) electrons. The molecular formula is C25H27N7O4. The van der Waals surface area contributed by atoms with Gasteiger partial charge < -0.3 is 28.7 Å². The van der Waals surface area contributed by atoms with E-state index in [4.69, 9.17) is 18.6 Å². The standard InChI is InChI=1S/C25H27N7O4/c1-16-17(6-5-7-26-16)24-28-19(15-35-24)23(33)27-18-14-20-21(29-22(18)31-8-3-2-4-9-31)30-25(36-20)32-10-12-34-13-11-32/h5-7,14-15H,2-4,8-13H2,1H3,(H,27,33). The number of rotatable bonds is 5. The van der Waals surface area contributed by atoms with Crippen molar-refractivity contribution in [3.63, 3.8) is 0 Å². The Balaban J connectivity index is 1.32. The van der Waals surface area contributed by atoms with Gasteiger partial charge in [-0.25, -0.2) is 9.97 Å². The van der Waals surface area contributed by atoms with Gasteiger partial charge in [0.15, 0.2) is 17.1 Å². The average Bonchev–Trinajstić information content (AvgIpc) is 3.57. The maximum atomic E-state index is 13.2. The van der Waals surface area contributed by atoms with Crippen molar-refractivity contribution in [1.82, 2.24) is 19.9 Å². The second-order valence-corrected chi connectivity index (χ2v) is 8.95. The molecular weight excluding hydrogens is 462 g/mol. The quantitative estimate of drug-likeness (QED) is 0.444. The van der Waals surface area contributed by atoms with Crippen molar-refractivity contribution in [3.05, 3.63) is 42.0 Å². The molecule has 2 fully saturated rings. The van der Waals surface area contributed by atoms with Crippen LogP contribution in [0.1, 0.15) is 35.4 Å². The minimum atomic E-state index is -0.390. The summed E-state index contributed by atoms with van der Waals surface area (Å²) in [5.74, 6) is 0.643. The molecule has 11 nitrogen and oxygen atoms in total. The predicted molar refractivity (Wildman–Crippen MR) is 133 cm³/mol. The minimum Gasteiger partial charge on any atom is -0.444 e. The van der Waals surface area contributed by atoms with Gasteiger partial charge in [-0.05, 0) is 38.3 Å². The lowest BCUT2D eigenvalue weighted by atomic mass is 10.1. The van der Waals surface area contributed by atoms with Crippen LogP contribution in [0.25, 0.3) is 22.7 Å². The summed E-state index contributed by atoms with van der Waals surface area (Å²) >= 11 is 0. The van der Waals surface area contributed by atoms with E-state index in [1.54, 1.807) is 18.3 Å². The highest BCUT2D eigenvalue weighted by Gasteiger charge is 2.24. The normalized spacial score (nSPS) is 16.5. The number of oxazole rings is 2. The van der Waals surface area contributed by atoms with Gasteiger partial charge in [0.25, 0.3) is 11.9 Å². The summed E-state index contributed by atoms with van der Waals surface area (Å²) in [6, 6.07) is 5.98. The number of hydrogen-bond donors (Lipinski definition) is 1. The van der Waals surface area contributed by atoms with Crippen molar-refractivity contribution < 1.29 is 18.4 Å². The Hall–Kier alpha value is -3.99. The van der Waals surface area contributed by atoms with Crippen molar-refractivity contribution >= 4 is 34.7 Å². The Morgan fingerprint density at radius 1 is 1.03 bits per heavy atom. The third kappa shape index (κ3) is 4.37. The number of carbonyl (C=O) groups excluding carboxylic acids is 1. The number of carbonyl (C=O) groups is 1. The number of fused-ring (bicyclic) bond motifs is 1. The number of anilines is 3. The zero-order valence-corrected chi connectivity index (χ0v) is 20.1. The maximum absolute atomic E-state index is 13.2. The molecule has 0 spiro atoms. The Labute approximate surface area is 207 Å². The first-order valence-electron chi connectivity index (χ1n) is 12.2. The van der Waals surface area contributed by atoms with Gasteiger partial charge in [0.2, 0.25) is 11.5 Å². The van der Waals surface area contributed by atoms with Gasteiger partial charge in [-0.3, -0.25) is 9.78 Å². The van der Waals surface area contributed by atoms with E-state index in [0.29, 0.717) is 60.9 Å². The molecule has 0 unspecified atom stereocenters. The molecule has 4 aromatic rings. The average molecular weight is 490 g/mol. The molecule has 1 N–H and O–H groups in total. The summed E-state index contributed by atoms with van der Waals surface area (Å²) in [5, 5.41) is 2.98. The molecule has 0 aliphatic carbocycles. The number of pyridine rings is 2. The van der Waals surface area contributed by atoms with Crippen LogP contribution in [0.3, 0.4) is 0 Å². The molecule has 11 heteroatoms. The topological polar surface area (TPSA) is 123 Å². The lowest BCUT2D eigenvalue weighted by molar-refractivity contribution is 0.102. The third-order valence-electron chi connectivity index (χ3n) is 6.51. The van der Waals surface area contributed by atoms with Crippen LogP contribution in [-0.2, 0) is 4.74 Å².